The lowest BCUT2D eigenvalue weighted by Crippen LogP contribution is -2.60. The van der Waals surface area contributed by atoms with Gasteiger partial charge in [0.05, 0.1) is 0 Å². The highest BCUT2D eigenvalue weighted by molar-refractivity contribution is 5.70. The minimum absolute atomic E-state index is 0.302. The van der Waals surface area contributed by atoms with Gasteiger partial charge in [0.1, 0.15) is 5.75 Å². The highest BCUT2D eigenvalue weighted by Gasteiger charge is 2.64. The van der Waals surface area contributed by atoms with Crippen LogP contribution in [0, 0.1) is 16.2 Å². The quantitative estimate of drug-likeness (QED) is 0.738. The summed E-state index contributed by atoms with van der Waals surface area (Å²) in [6.45, 7) is 10.2. The summed E-state index contributed by atoms with van der Waals surface area (Å²) >= 11 is 0. The van der Waals surface area contributed by atoms with Crippen molar-refractivity contribution in [3.8, 4) is 5.75 Å². The van der Waals surface area contributed by atoms with Crippen LogP contribution >= 0.6 is 0 Å². The minimum Gasteiger partial charge on any atom is -0.410 e. The van der Waals surface area contributed by atoms with E-state index in [0.29, 0.717) is 34.0 Å². The fraction of sp³-hybridized carbons (Fsp3) is 0.696. The van der Waals surface area contributed by atoms with E-state index in [1.54, 1.807) is 0 Å². The van der Waals surface area contributed by atoms with Gasteiger partial charge in [-0.2, -0.15) is 0 Å². The third-order valence-electron chi connectivity index (χ3n) is 7.05. The number of amides is 1. The van der Waals surface area contributed by atoms with E-state index in [1.807, 2.05) is 19.1 Å². The molecular weight excluding hydrogens is 322 g/mol. The Morgan fingerprint density at radius 3 is 1.88 bits per heavy atom. The molecule has 1 aromatic rings. The lowest BCUT2D eigenvalue weighted by atomic mass is 9.35. The Labute approximate surface area is 157 Å². The van der Waals surface area contributed by atoms with E-state index in [2.05, 4.69) is 38.2 Å². The van der Waals surface area contributed by atoms with Crippen molar-refractivity contribution in [3.05, 3.63) is 29.8 Å². The first-order valence-corrected chi connectivity index (χ1v) is 10.2. The van der Waals surface area contributed by atoms with Crippen molar-refractivity contribution in [2.45, 2.75) is 78.1 Å². The highest BCUT2D eigenvalue weighted by atomic mass is 16.5. The van der Waals surface area contributed by atoms with Crippen LogP contribution in [0.25, 0.3) is 0 Å². The van der Waals surface area contributed by atoms with Crippen molar-refractivity contribution < 1.29 is 9.53 Å². The molecule has 0 aliphatic heterocycles. The van der Waals surface area contributed by atoms with Gasteiger partial charge in [-0.3, -0.25) is 0 Å². The molecule has 0 spiro atoms. The van der Waals surface area contributed by atoms with E-state index in [1.165, 1.54) is 44.1 Å². The molecule has 4 bridgehead atoms. The molecule has 3 heteroatoms. The first-order valence-electron chi connectivity index (χ1n) is 10.2. The van der Waals surface area contributed by atoms with E-state index in [9.17, 15) is 4.79 Å². The van der Waals surface area contributed by atoms with Gasteiger partial charge in [-0.15, -0.1) is 0 Å². The molecule has 4 fully saturated rings. The number of hydrogen-bond acceptors (Lipinski definition) is 2. The maximum absolute atomic E-state index is 11.8. The van der Waals surface area contributed by atoms with Gasteiger partial charge in [0.25, 0.3) is 0 Å². The van der Waals surface area contributed by atoms with E-state index >= 15 is 0 Å². The van der Waals surface area contributed by atoms with Crippen molar-refractivity contribution in [2.75, 3.05) is 6.54 Å². The van der Waals surface area contributed by atoms with Crippen LogP contribution in [-0.2, 0) is 5.41 Å². The van der Waals surface area contributed by atoms with Crippen LogP contribution in [0.15, 0.2) is 24.3 Å². The van der Waals surface area contributed by atoms with Crippen LogP contribution in [0.5, 0.6) is 5.75 Å². The molecule has 4 saturated carbocycles. The molecule has 0 unspecified atom stereocenters. The standard InChI is InChI=1S/C23H33NO2/c1-5-10-24-19(25)26-18-8-6-17(7-9-18)23-14-20(2)11-21(3,15-23)13-22(4,12-20)16-23/h6-9H,5,10-16H2,1-4H3,(H,24,25). The summed E-state index contributed by atoms with van der Waals surface area (Å²) in [5.41, 5.74) is 3.19. The van der Waals surface area contributed by atoms with Gasteiger partial charge in [0.15, 0.2) is 0 Å². The molecule has 1 amide bonds. The van der Waals surface area contributed by atoms with E-state index in [4.69, 9.17) is 4.74 Å². The molecule has 0 aromatic heterocycles. The third kappa shape index (κ3) is 3.04. The fourth-order valence-electron chi connectivity index (χ4n) is 7.84. The number of benzene rings is 1. The third-order valence-corrected chi connectivity index (χ3v) is 7.05. The largest absolute Gasteiger partial charge is 0.412 e. The van der Waals surface area contributed by atoms with Crippen molar-refractivity contribution in [2.24, 2.45) is 16.2 Å². The number of carbonyl (C=O) groups excluding carboxylic acids is 1. The molecule has 4 aliphatic rings. The highest BCUT2D eigenvalue weighted by Crippen LogP contribution is 2.73. The van der Waals surface area contributed by atoms with Crippen molar-refractivity contribution >= 4 is 6.09 Å². The fourth-order valence-corrected chi connectivity index (χ4v) is 7.84. The van der Waals surface area contributed by atoms with Crippen LogP contribution in [0.3, 0.4) is 0 Å². The number of nitrogens with one attached hydrogen (secondary N) is 1. The molecule has 5 rings (SSSR count). The van der Waals surface area contributed by atoms with Crippen LogP contribution in [-0.4, -0.2) is 12.6 Å². The van der Waals surface area contributed by atoms with Gasteiger partial charge in [-0.25, -0.2) is 4.79 Å². The zero-order valence-corrected chi connectivity index (χ0v) is 16.8. The normalized spacial score (nSPS) is 40.5. The molecular formula is C23H33NO2. The van der Waals surface area contributed by atoms with Crippen LogP contribution in [0.2, 0.25) is 0 Å². The maximum Gasteiger partial charge on any atom is 0.412 e. The molecule has 4 aliphatic carbocycles. The summed E-state index contributed by atoms with van der Waals surface area (Å²) in [4.78, 5) is 11.8. The van der Waals surface area contributed by atoms with Gasteiger partial charge in [0, 0.05) is 6.54 Å². The van der Waals surface area contributed by atoms with E-state index in [-0.39, 0.29) is 6.09 Å². The number of rotatable bonds is 4. The van der Waals surface area contributed by atoms with Crippen LogP contribution < -0.4 is 10.1 Å². The summed E-state index contributed by atoms with van der Waals surface area (Å²) < 4.78 is 5.40. The Kier molecular flexibility index (Phi) is 3.95. The molecule has 142 valence electrons. The zero-order chi connectivity index (χ0) is 18.6. The molecule has 0 saturated heterocycles. The summed E-state index contributed by atoms with van der Waals surface area (Å²) in [5, 5.41) is 2.76. The first kappa shape index (κ1) is 17.9. The molecule has 0 atom stereocenters. The average Bonchev–Trinajstić information content (AvgIpc) is 2.49. The summed E-state index contributed by atoms with van der Waals surface area (Å²) in [5.74, 6) is 0.635. The van der Waals surface area contributed by atoms with Crippen LogP contribution in [0.4, 0.5) is 4.79 Å². The second-order valence-electron chi connectivity index (χ2n) is 10.6. The maximum atomic E-state index is 11.8. The van der Waals surface area contributed by atoms with Gasteiger partial charge in [-0.1, -0.05) is 39.8 Å². The molecule has 3 nitrogen and oxygen atoms in total. The van der Waals surface area contributed by atoms with Crippen molar-refractivity contribution in [1.29, 1.82) is 0 Å². The Morgan fingerprint density at radius 1 is 0.923 bits per heavy atom. The average molecular weight is 356 g/mol. The Hall–Kier alpha value is -1.51. The van der Waals surface area contributed by atoms with E-state index in [0.717, 1.165) is 6.42 Å². The monoisotopic (exact) mass is 355 g/mol. The Bertz CT molecular complexity index is 654. The SMILES string of the molecule is CCCNC(=O)Oc1ccc(C23CC4(C)CC(C)(CC(C)(C4)C2)C3)cc1. The molecule has 0 heterocycles. The lowest BCUT2D eigenvalue weighted by molar-refractivity contribution is -0.152. The molecule has 26 heavy (non-hydrogen) atoms. The van der Waals surface area contributed by atoms with Gasteiger partial charge in [0.2, 0.25) is 0 Å². The topological polar surface area (TPSA) is 38.3 Å². The van der Waals surface area contributed by atoms with Crippen LogP contribution in [0.1, 0.15) is 78.2 Å². The lowest BCUT2D eigenvalue weighted by Gasteiger charge is -2.69. The molecule has 0 radical (unpaired) electrons. The zero-order valence-electron chi connectivity index (χ0n) is 16.8. The number of ether oxygens (including phenoxy) is 1. The smallest absolute Gasteiger partial charge is 0.410 e. The van der Waals surface area contributed by atoms with E-state index < -0.39 is 0 Å². The van der Waals surface area contributed by atoms with Gasteiger partial charge < -0.3 is 10.1 Å². The van der Waals surface area contributed by atoms with Crippen molar-refractivity contribution in [1.82, 2.24) is 5.32 Å². The minimum atomic E-state index is -0.359. The molecule has 1 N–H and O–H groups in total. The second kappa shape index (κ2) is 5.74. The Morgan fingerprint density at radius 2 is 1.42 bits per heavy atom. The second-order valence-corrected chi connectivity index (χ2v) is 10.6. The summed E-state index contributed by atoms with van der Waals surface area (Å²) in [6, 6.07) is 8.39. The first-order chi connectivity index (χ1) is 12.2. The number of hydrogen-bond donors (Lipinski definition) is 1. The van der Waals surface area contributed by atoms with Gasteiger partial charge >= 0.3 is 6.09 Å². The summed E-state index contributed by atoms with van der Waals surface area (Å²) in [7, 11) is 0. The van der Waals surface area contributed by atoms with Crippen molar-refractivity contribution in [3.63, 3.8) is 0 Å². The predicted octanol–water partition coefficient (Wildman–Crippen LogP) is 5.82. The Balaban J connectivity index is 1.57. The predicted molar refractivity (Wildman–Crippen MR) is 104 cm³/mol. The van der Waals surface area contributed by atoms with Gasteiger partial charge in [-0.05, 0) is 84.3 Å². The number of carbonyl (C=O) groups is 1. The molecule has 1 aromatic carbocycles. The summed E-state index contributed by atoms with van der Waals surface area (Å²) in [6.07, 6.45) is 8.63.